The molecule has 0 atom stereocenters. The van der Waals surface area contributed by atoms with Crippen LogP contribution in [0.15, 0.2) is 48.5 Å². The van der Waals surface area contributed by atoms with Crippen LogP contribution in [0.5, 0.6) is 0 Å². The zero-order valence-corrected chi connectivity index (χ0v) is 21.2. The third-order valence-electron chi connectivity index (χ3n) is 5.80. The summed E-state index contributed by atoms with van der Waals surface area (Å²) in [6.07, 6.45) is 1.43. The smallest absolute Gasteiger partial charge is 0.251 e. The minimum Gasteiger partial charge on any atom is -0.352 e. The van der Waals surface area contributed by atoms with E-state index in [1.807, 2.05) is 60.4 Å². The number of carbonyl (C=O) groups is 2. The number of hydrogen-bond donors (Lipinski definition) is 1. The highest BCUT2D eigenvalue weighted by Crippen LogP contribution is 2.18. The van der Waals surface area contributed by atoms with E-state index in [1.165, 1.54) is 0 Å². The summed E-state index contributed by atoms with van der Waals surface area (Å²) in [5, 5.41) is 3.01. The number of aromatic nitrogens is 2. The summed E-state index contributed by atoms with van der Waals surface area (Å²) in [5.41, 5.74) is 3.54. The van der Waals surface area contributed by atoms with Gasteiger partial charge in [-0.2, -0.15) is 0 Å². The molecule has 0 fully saturated rings. The van der Waals surface area contributed by atoms with Crippen LogP contribution in [0.4, 0.5) is 0 Å². The summed E-state index contributed by atoms with van der Waals surface area (Å²) < 4.78 is 2.05. The highest BCUT2D eigenvalue weighted by molar-refractivity contribution is 5.95. The van der Waals surface area contributed by atoms with Crippen molar-refractivity contribution in [1.82, 2.24) is 19.8 Å². The largest absolute Gasteiger partial charge is 0.352 e. The van der Waals surface area contributed by atoms with E-state index in [4.69, 9.17) is 4.98 Å². The monoisotopic (exact) mass is 462 g/mol. The second-order valence-electron chi connectivity index (χ2n) is 9.86. The molecule has 2 aromatic carbocycles. The molecule has 0 unspecified atom stereocenters. The van der Waals surface area contributed by atoms with Gasteiger partial charge in [0, 0.05) is 31.6 Å². The van der Waals surface area contributed by atoms with E-state index in [-0.39, 0.29) is 18.4 Å². The Morgan fingerprint density at radius 3 is 2.29 bits per heavy atom. The van der Waals surface area contributed by atoms with Gasteiger partial charge in [0.1, 0.15) is 12.4 Å². The van der Waals surface area contributed by atoms with Crippen molar-refractivity contribution >= 4 is 22.8 Å². The van der Waals surface area contributed by atoms with Crippen molar-refractivity contribution < 1.29 is 9.59 Å². The van der Waals surface area contributed by atoms with Crippen LogP contribution < -0.4 is 5.32 Å². The van der Waals surface area contributed by atoms with Crippen LogP contribution >= 0.6 is 0 Å². The molecule has 3 aromatic rings. The summed E-state index contributed by atoms with van der Waals surface area (Å²) in [5.74, 6) is 1.78. The SMILES string of the molecule is Cc1ccccc1C(=O)NCCCc1nc2ccccc2n1CC(=O)N(CC(C)C)CC(C)C. The highest BCUT2D eigenvalue weighted by atomic mass is 16.2. The molecular weight excluding hydrogens is 424 g/mol. The average molecular weight is 463 g/mol. The number of imidazole rings is 1. The van der Waals surface area contributed by atoms with E-state index >= 15 is 0 Å². The Kier molecular flexibility index (Phi) is 8.85. The molecule has 6 heteroatoms. The number of nitrogens with zero attached hydrogens (tertiary/aromatic N) is 3. The number of para-hydroxylation sites is 2. The summed E-state index contributed by atoms with van der Waals surface area (Å²) >= 11 is 0. The topological polar surface area (TPSA) is 67.2 Å². The number of rotatable bonds is 11. The predicted molar refractivity (Wildman–Crippen MR) is 138 cm³/mol. The molecule has 0 aliphatic heterocycles. The van der Waals surface area contributed by atoms with Gasteiger partial charge in [-0.25, -0.2) is 4.98 Å². The van der Waals surface area contributed by atoms with Crippen molar-refractivity contribution in [3.8, 4) is 0 Å². The molecule has 0 radical (unpaired) electrons. The van der Waals surface area contributed by atoms with E-state index in [0.29, 0.717) is 30.4 Å². The lowest BCUT2D eigenvalue weighted by Gasteiger charge is -2.27. The minimum absolute atomic E-state index is 0.0557. The van der Waals surface area contributed by atoms with Gasteiger partial charge in [-0.05, 0) is 48.9 Å². The molecule has 0 aliphatic rings. The van der Waals surface area contributed by atoms with Gasteiger partial charge >= 0.3 is 0 Å². The maximum absolute atomic E-state index is 13.3. The third-order valence-corrected chi connectivity index (χ3v) is 5.80. The molecule has 2 amide bonds. The lowest BCUT2D eigenvalue weighted by Crippen LogP contribution is -2.39. The predicted octanol–water partition coefficient (Wildman–Crippen LogP) is 4.85. The molecule has 34 heavy (non-hydrogen) atoms. The lowest BCUT2D eigenvalue weighted by atomic mass is 10.1. The maximum Gasteiger partial charge on any atom is 0.251 e. The Morgan fingerprint density at radius 1 is 0.971 bits per heavy atom. The van der Waals surface area contributed by atoms with Gasteiger partial charge in [-0.1, -0.05) is 58.0 Å². The van der Waals surface area contributed by atoms with E-state index in [0.717, 1.165) is 41.9 Å². The van der Waals surface area contributed by atoms with Gasteiger partial charge in [0.2, 0.25) is 5.91 Å². The van der Waals surface area contributed by atoms with E-state index < -0.39 is 0 Å². The molecule has 0 saturated carbocycles. The maximum atomic E-state index is 13.3. The van der Waals surface area contributed by atoms with Gasteiger partial charge < -0.3 is 14.8 Å². The van der Waals surface area contributed by atoms with Crippen LogP contribution in [0, 0.1) is 18.8 Å². The van der Waals surface area contributed by atoms with Crippen molar-refractivity contribution in [2.75, 3.05) is 19.6 Å². The van der Waals surface area contributed by atoms with E-state index in [1.54, 1.807) is 0 Å². The van der Waals surface area contributed by atoms with Gasteiger partial charge in [0.25, 0.3) is 5.91 Å². The zero-order valence-electron chi connectivity index (χ0n) is 21.2. The van der Waals surface area contributed by atoms with E-state index in [2.05, 4.69) is 37.6 Å². The fraction of sp³-hybridized carbons (Fsp3) is 0.464. The molecule has 1 heterocycles. The Hall–Kier alpha value is -3.15. The van der Waals surface area contributed by atoms with Crippen LogP contribution in [-0.2, 0) is 17.8 Å². The standard InChI is InChI=1S/C28H38N4O2/c1-20(2)17-31(18-21(3)4)27(33)19-32-25-14-9-8-13-24(25)30-26(32)15-10-16-29-28(34)23-12-7-6-11-22(23)5/h6-9,11-14,20-21H,10,15-19H2,1-5H3,(H,29,34). The Morgan fingerprint density at radius 2 is 1.62 bits per heavy atom. The number of hydrogen-bond acceptors (Lipinski definition) is 3. The second kappa shape index (κ2) is 11.8. The van der Waals surface area contributed by atoms with Gasteiger partial charge in [-0.3, -0.25) is 9.59 Å². The van der Waals surface area contributed by atoms with Crippen molar-refractivity contribution in [2.24, 2.45) is 11.8 Å². The quantitative estimate of drug-likeness (QED) is 0.414. The van der Waals surface area contributed by atoms with Gasteiger partial charge in [0.05, 0.1) is 11.0 Å². The first-order valence-electron chi connectivity index (χ1n) is 12.3. The summed E-state index contributed by atoms with van der Waals surface area (Å²) in [7, 11) is 0. The number of carbonyl (C=O) groups excluding carboxylic acids is 2. The van der Waals surface area contributed by atoms with Crippen LogP contribution in [0.1, 0.15) is 55.9 Å². The van der Waals surface area contributed by atoms with Crippen LogP contribution in [0.25, 0.3) is 11.0 Å². The van der Waals surface area contributed by atoms with Crippen LogP contribution in [-0.4, -0.2) is 45.9 Å². The van der Waals surface area contributed by atoms with Crippen LogP contribution in [0.2, 0.25) is 0 Å². The lowest BCUT2D eigenvalue weighted by molar-refractivity contribution is -0.132. The number of aryl methyl sites for hydroxylation is 2. The summed E-state index contributed by atoms with van der Waals surface area (Å²) in [4.78, 5) is 32.6. The fourth-order valence-electron chi connectivity index (χ4n) is 4.26. The Bertz CT molecular complexity index is 1110. The number of amides is 2. The molecule has 6 nitrogen and oxygen atoms in total. The number of benzene rings is 2. The molecular formula is C28H38N4O2. The van der Waals surface area contributed by atoms with Gasteiger partial charge in [-0.15, -0.1) is 0 Å². The third kappa shape index (κ3) is 6.69. The molecule has 1 aromatic heterocycles. The molecule has 0 aliphatic carbocycles. The van der Waals surface area contributed by atoms with E-state index in [9.17, 15) is 9.59 Å². The van der Waals surface area contributed by atoms with Crippen molar-refractivity contribution in [1.29, 1.82) is 0 Å². The highest BCUT2D eigenvalue weighted by Gasteiger charge is 2.20. The fourth-order valence-corrected chi connectivity index (χ4v) is 4.26. The number of nitrogens with one attached hydrogen (secondary N) is 1. The molecule has 0 spiro atoms. The summed E-state index contributed by atoms with van der Waals surface area (Å²) in [6, 6.07) is 15.6. The molecule has 3 rings (SSSR count). The normalized spacial score (nSPS) is 11.4. The van der Waals surface area contributed by atoms with Crippen molar-refractivity contribution in [3.63, 3.8) is 0 Å². The molecule has 0 bridgehead atoms. The summed E-state index contributed by atoms with van der Waals surface area (Å²) in [6.45, 7) is 12.9. The molecule has 1 N–H and O–H groups in total. The number of fused-ring (bicyclic) bond motifs is 1. The molecule has 182 valence electrons. The Labute approximate surface area is 203 Å². The van der Waals surface area contributed by atoms with Crippen molar-refractivity contribution in [3.05, 3.63) is 65.5 Å². The van der Waals surface area contributed by atoms with Crippen LogP contribution in [0.3, 0.4) is 0 Å². The second-order valence-corrected chi connectivity index (χ2v) is 9.86. The first kappa shape index (κ1) is 25.5. The van der Waals surface area contributed by atoms with Crippen molar-refractivity contribution in [2.45, 2.75) is 54.0 Å². The molecule has 0 saturated heterocycles. The zero-order chi connectivity index (χ0) is 24.7. The minimum atomic E-state index is -0.0557. The van der Waals surface area contributed by atoms with Gasteiger partial charge in [0.15, 0.2) is 0 Å². The average Bonchev–Trinajstić information content (AvgIpc) is 3.13. The first-order valence-corrected chi connectivity index (χ1v) is 12.3. The Balaban J connectivity index is 1.70. The first-order chi connectivity index (χ1) is 16.3.